The fourth-order valence-corrected chi connectivity index (χ4v) is 7.67. The summed E-state index contributed by atoms with van der Waals surface area (Å²) < 4.78 is 0. The number of aliphatic carboxylic acids is 5. The van der Waals surface area contributed by atoms with Gasteiger partial charge in [-0.1, -0.05) is 42.5 Å². The number of nitrogens with one attached hydrogen (secondary N) is 5. The van der Waals surface area contributed by atoms with Crippen molar-refractivity contribution >= 4 is 64.4 Å². The Kier molecular flexibility index (Phi) is 23.5. The van der Waals surface area contributed by atoms with E-state index in [9.17, 15) is 63.6 Å². The fraction of sp³-hybridized carbons (Fsp3) is 0.489. The molecule has 386 valence electrons. The normalized spacial score (nSPS) is 15.2. The zero-order chi connectivity index (χ0) is 51.7. The number of hydrogen-bond donors (Lipinski definition) is 10. The molecule has 3 aromatic rings. The molecule has 0 radical (unpaired) electrons. The maximum atomic E-state index is 13.6. The van der Waals surface area contributed by atoms with Gasteiger partial charge in [-0.25, -0.2) is 9.59 Å². The van der Waals surface area contributed by atoms with Crippen LogP contribution in [0.2, 0.25) is 0 Å². The highest BCUT2D eigenvalue weighted by Gasteiger charge is 2.25. The monoisotopic (exact) mass is 992 g/mol. The molecule has 0 saturated carbocycles. The zero-order valence-electron chi connectivity index (χ0n) is 39.4. The van der Waals surface area contributed by atoms with Crippen LogP contribution in [0.15, 0.2) is 60.8 Å². The number of carbonyl (C=O) groups is 9. The Balaban J connectivity index is 1.34. The highest BCUT2D eigenvalue weighted by atomic mass is 16.4. The van der Waals surface area contributed by atoms with Gasteiger partial charge in [0.05, 0.1) is 44.0 Å². The first-order chi connectivity index (χ1) is 33.9. The van der Waals surface area contributed by atoms with Gasteiger partial charge in [0.1, 0.15) is 12.1 Å². The van der Waals surface area contributed by atoms with Crippen LogP contribution in [0.3, 0.4) is 0 Å². The Morgan fingerprint density at radius 3 is 1.66 bits per heavy atom. The second kappa shape index (κ2) is 29.7. The van der Waals surface area contributed by atoms with Crippen molar-refractivity contribution in [3.8, 4) is 0 Å². The Morgan fingerprint density at radius 1 is 0.563 bits per heavy atom. The third-order valence-electron chi connectivity index (χ3n) is 11.5. The topological polar surface area (TPSA) is 341 Å². The third kappa shape index (κ3) is 21.9. The van der Waals surface area contributed by atoms with Crippen molar-refractivity contribution in [1.82, 2.24) is 51.2 Å². The Bertz CT molecular complexity index is 2270. The number of carboxylic acids is 5. The van der Waals surface area contributed by atoms with E-state index >= 15 is 0 Å². The van der Waals surface area contributed by atoms with E-state index in [1.807, 2.05) is 42.5 Å². The molecule has 1 saturated heterocycles. The summed E-state index contributed by atoms with van der Waals surface area (Å²) in [6.07, 6.45) is 2.19. The van der Waals surface area contributed by atoms with Crippen LogP contribution in [-0.2, 0) is 46.5 Å². The van der Waals surface area contributed by atoms with E-state index in [2.05, 4.69) is 31.6 Å². The Hall–Kier alpha value is -7.28. The number of carbonyl (C=O) groups excluding carboxylic acids is 4. The molecule has 1 fully saturated rings. The van der Waals surface area contributed by atoms with Crippen LogP contribution in [0.1, 0.15) is 53.7 Å². The lowest BCUT2D eigenvalue weighted by atomic mass is 10.0. The third-order valence-corrected chi connectivity index (χ3v) is 11.5. The van der Waals surface area contributed by atoms with Gasteiger partial charge < -0.3 is 52.1 Å². The predicted octanol–water partition coefficient (Wildman–Crippen LogP) is -0.429. The first-order valence-electron chi connectivity index (χ1n) is 23.3. The number of hydrogen-bond acceptors (Lipinski definition) is 14. The zero-order valence-corrected chi connectivity index (χ0v) is 39.4. The van der Waals surface area contributed by atoms with Crippen LogP contribution in [0.25, 0.3) is 10.8 Å². The van der Waals surface area contributed by atoms with E-state index in [1.165, 1.54) is 12.3 Å². The van der Waals surface area contributed by atoms with Crippen molar-refractivity contribution in [3.05, 3.63) is 77.6 Å². The van der Waals surface area contributed by atoms with E-state index in [4.69, 9.17) is 5.11 Å². The molecular formula is C47H64N10O14. The molecule has 1 aliphatic heterocycles. The van der Waals surface area contributed by atoms with Crippen molar-refractivity contribution in [2.45, 2.75) is 57.2 Å². The maximum absolute atomic E-state index is 13.6. The highest BCUT2D eigenvalue weighted by Crippen LogP contribution is 2.17. The van der Waals surface area contributed by atoms with Gasteiger partial charge in [0.15, 0.2) is 0 Å². The summed E-state index contributed by atoms with van der Waals surface area (Å²) in [7, 11) is 0. The van der Waals surface area contributed by atoms with Gasteiger partial charge in [-0.15, -0.1) is 0 Å². The summed E-state index contributed by atoms with van der Waals surface area (Å²) >= 11 is 0. The predicted molar refractivity (Wildman–Crippen MR) is 255 cm³/mol. The maximum Gasteiger partial charge on any atom is 0.326 e. The molecule has 2 aromatic carbocycles. The van der Waals surface area contributed by atoms with E-state index in [1.54, 1.807) is 25.7 Å². The van der Waals surface area contributed by atoms with Crippen molar-refractivity contribution < 1.29 is 68.7 Å². The summed E-state index contributed by atoms with van der Waals surface area (Å²) in [4.78, 5) is 121. The quantitative estimate of drug-likeness (QED) is 0.0456. The van der Waals surface area contributed by atoms with Crippen LogP contribution < -0.4 is 26.6 Å². The smallest absolute Gasteiger partial charge is 0.326 e. The van der Waals surface area contributed by atoms with Gasteiger partial charge in [0, 0.05) is 84.5 Å². The molecule has 24 heteroatoms. The highest BCUT2D eigenvalue weighted by molar-refractivity contribution is 5.97. The number of fused-ring (bicyclic) bond motifs is 1. The number of aromatic nitrogens is 1. The molecule has 0 unspecified atom stereocenters. The molecule has 0 bridgehead atoms. The summed E-state index contributed by atoms with van der Waals surface area (Å²) in [5.41, 5.74) is 1.32. The lowest BCUT2D eigenvalue weighted by molar-refractivity contribution is -0.140. The van der Waals surface area contributed by atoms with Crippen LogP contribution in [-0.4, -0.2) is 207 Å². The minimum Gasteiger partial charge on any atom is -0.481 e. The Labute approximate surface area is 409 Å². The lowest BCUT2D eigenvalue weighted by Crippen LogP contribution is -2.49. The molecule has 24 nitrogen and oxygen atoms in total. The summed E-state index contributed by atoms with van der Waals surface area (Å²) in [6, 6.07) is 13.4. The first-order valence-corrected chi connectivity index (χ1v) is 23.3. The number of amides is 5. The van der Waals surface area contributed by atoms with E-state index in [0.717, 1.165) is 16.3 Å². The molecule has 10 N–H and O–H groups in total. The van der Waals surface area contributed by atoms with Crippen molar-refractivity contribution in [3.63, 3.8) is 0 Å². The molecule has 4 rings (SSSR count). The number of urea groups is 1. The van der Waals surface area contributed by atoms with Gasteiger partial charge in [-0.3, -0.25) is 58.1 Å². The summed E-state index contributed by atoms with van der Waals surface area (Å²) in [5, 5.41) is 61.9. The van der Waals surface area contributed by atoms with Crippen molar-refractivity contribution in [2.24, 2.45) is 0 Å². The summed E-state index contributed by atoms with van der Waals surface area (Å²) in [6.45, 7) is 1.14. The molecule has 1 aromatic heterocycles. The number of rotatable bonds is 26. The van der Waals surface area contributed by atoms with Crippen LogP contribution in [0.5, 0.6) is 0 Å². The van der Waals surface area contributed by atoms with Gasteiger partial charge in [-0.2, -0.15) is 0 Å². The number of carboxylic acid groups (broad SMARTS) is 5. The number of pyridine rings is 1. The van der Waals surface area contributed by atoms with E-state index < -0.39 is 65.7 Å². The minimum absolute atomic E-state index is 0.0116. The van der Waals surface area contributed by atoms with Crippen molar-refractivity contribution in [1.29, 1.82) is 0 Å². The van der Waals surface area contributed by atoms with E-state index in [-0.39, 0.29) is 129 Å². The SMILES string of the molecule is O=C(O)CCCNC(=O)N[C@@H](CCCCNC(=O)[C@H](Cc1ccc2ccccc2c1)NC(=O)c1ccc(CNC(=O)CN2CCN(CC(=O)O)CCN(CC(=O)O)CCN(CC(=O)O)CC2)nc1)C(=O)O. The number of benzene rings is 2. The molecule has 0 aliphatic carbocycles. The van der Waals surface area contributed by atoms with Crippen molar-refractivity contribution in [2.75, 3.05) is 91.6 Å². The lowest BCUT2D eigenvalue weighted by Gasteiger charge is -2.32. The molecule has 5 amide bonds. The largest absolute Gasteiger partial charge is 0.481 e. The fourth-order valence-electron chi connectivity index (χ4n) is 7.67. The minimum atomic E-state index is -1.26. The molecule has 2 heterocycles. The standard InChI is InChI=1S/C47H64N10O14/c58-39(28-54-16-18-55(29-41(61)62)20-22-57(31-43(65)66)23-21-56(19-17-54)30-42(63)64)51-27-36-13-12-35(26-50-36)44(67)52-38(25-32-10-11-33-6-1-2-7-34(33)24-32)45(68)48-14-4-3-8-37(46(69)70)53-47(71)49-15-5-9-40(59)60/h1-2,6-7,10-13,24,26,37-38H,3-5,8-9,14-23,25,27-31H2,(H,48,68)(H,51,58)(H,52,67)(H,59,60)(H,61,62)(H,63,64)(H,65,66)(H,69,70)(H2,49,53,71)/t37-,38-/m0/s1. The first kappa shape index (κ1) is 56.3. The van der Waals surface area contributed by atoms with Crippen LogP contribution >= 0.6 is 0 Å². The van der Waals surface area contributed by atoms with E-state index in [0.29, 0.717) is 18.5 Å². The summed E-state index contributed by atoms with van der Waals surface area (Å²) in [5.74, 6) is -6.94. The van der Waals surface area contributed by atoms with Gasteiger partial charge in [0.25, 0.3) is 5.91 Å². The molecular weight excluding hydrogens is 929 g/mol. The second-order valence-electron chi connectivity index (χ2n) is 17.1. The second-order valence-corrected chi connectivity index (χ2v) is 17.1. The Morgan fingerprint density at radius 2 is 1.13 bits per heavy atom. The average molecular weight is 993 g/mol. The molecule has 71 heavy (non-hydrogen) atoms. The number of unbranched alkanes of at least 4 members (excludes halogenated alkanes) is 1. The molecule has 2 atom stereocenters. The number of nitrogens with zero attached hydrogens (tertiary/aromatic N) is 5. The molecule has 1 aliphatic rings. The molecule has 0 spiro atoms. The average Bonchev–Trinajstić information content (AvgIpc) is 3.31. The van der Waals surface area contributed by atoms with Gasteiger partial charge in [0.2, 0.25) is 11.8 Å². The van der Waals surface area contributed by atoms with Crippen LogP contribution in [0, 0.1) is 0 Å². The van der Waals surface area contributed by atoms with Crippen LogP contribution in [0.4, 0.5) is 4.79 Å². The van der Waals surface area contributed by atoms with Gasteiger partial charge in [-0.05, 0) is 54.2 Å². The van der Waals surface area contributed by atoms with Gasteiger partial charge >= 0.3 is 35.9 Å².